The quantitative estimate of drug-likeness (QED) is 0.648. The van der Waals surface area contributed by atoms with Crippen LogP contribution in [-0.2, 0) is 4.74 Å². The number of rotatable bonds is 5. The van der Waals surface area contributed by atoms with Crippen molar-refractivity contribution in [2.75, 3.05) is 39.4 Å². The lowest BCUT2D eigenvalue weighted by Crippen LogP contribution is -2.27. The van der Waals surface area contributed by atoms with Crippen molar-refractivity contribution in [3.8, 4) is 0 Å². The van der Waals surface area contributed by atoms with E-state index in [1.807, 2.05) is 6.92 Å². The Morgan fingerprint density at radius 1 is 1.58 bits per heavy atom. The Hall–Kier alpha value is -0.120. The number of nitrogens with two attached hydrogens (primary N) is 1. The van der Waals surface area contributed by atoms with Gasteiger partial charge in [-0.15, -0.1) is 0 Å². The number of hydrogen-bond donors (Lipinski definition) is 1. The van der Waals surface area contributed by atoms with E-state index in [1.54, 1.807) is 0 Å². The van der Waals surface area contributed by atoms with Gasteiger partial charge in [-0.25, -0.2) is 0 Å². The topological polar surface area (TPSA) is 38.5 Å². The van der Waals surface area contributed by atoms with Crippen molar-refractivity contribution in [1.82, 2.24) is 4.90 Å². The minimum Gasteiger partial charge on any atom is -0.381 e. The summed E-state index contributed by atoms with van der Waals surface area (Å²) in [5, 5.41) is 0. The zero-order valence-electron chi connectivity index (χ0n) is 7.96. The van der Waals surface area contributed by atoms with Crippen molar-refractivity contribution >= 4 is 0 Å². The Bertz CT molecular complexity index is 119. The highest BCUT2D eigenvalue weighted by Crippen LogP contribution is 2.15. The van der Waals surface area contributed by atoms with Crippen LogP contribution in [0.25, 0.3) is 0 Å². The molecule has 1 atom stereocenters. The van der Waals surface area contributed by atoms with Gasteiger partial charge >= 0.3 is 0 Å². The van der Waals surface area contributed by atoms with Crippen molar-refractivity contribution in [2.24, 2.45) is 11.7 Å². The summed E-state index contributed by atoms with van der Waals surface area (Å²) >= 11 is 0. The summed E-state index contributed by atoms with van der Waals surface area (Å²) in [6.45, 7) is 8.02. The van der Waals surface area contributed by atoms with Crippen LogP contribution in [0.4, 0.5) is 0 Å². The molecule has 72 valence electrons. The number of hydrogen-bond acceptors (Lipinski definition) is 3. The van der Waals surface area contributed by atoms with Crippen molar-refractivity contribution in [2.45, 2.75) is 13.3 Å². The predicted octanol–water partition coefficient (Wildman–Crippen LogP) is 0.304. The first kappa shape index (κ1) is 9.96. The van der Waals surface area contributed by atoms with Crippen LogP contribution in [0.15, 0.2) is 0 Å². The zero-order valence-corrected chi connectivity index (χ0v) is 7.96. The van der Waals surface area contributed by atoms with Gasteiger partial charge in [0.1, 0.15) is 0 Å². The third-order valence-electron chi connectivity index (χ3n) is 2.37. The highest BCUT2D eigenvalue weighted by atomic mass is 16.5. The molecule has 3 nitrogen and oxygen atoms in total. The van der Waals surface area contributed by atoms with Crippen LogP contribution < -0.4 is 5.73 Å². The fourth-order valence-corrected chi connectivity index (χ4v) is 1.72. The molecule has 1 fully saturated rings. The molecule has 0 unspecified atom stereocenters. The summed E-state index contributed by atoms with van der Waals surface area (Å²) in [6, 6.07) is 0. The first-order chi connectivity index (χ1) is 5.86. The molecule has 0 bridgehead atoms. The number of nitrogens with zero attached hydrogens (tertiary/aromatic N) is 1. The second kappa shape index (κ2) is 5.51. The lowest BCUT2D eigenvalue weighted by atomic mass is 10.1. The van der Waals surface area contributed by atoms with Crippen LogP contribution in [0.1, 0.15) is 13.3 Å². The molecule has 12 heavy (non-hydrogen) atoms. The maximum Gasteiger partial charge on any atom is 0.0506 e. The third kappa shape index (κ3) is 3.09. The normalized spacial score (nSPS) is 25.0. The molecule has 1 rings (SSSR count). The lowest BCUT2D eigenvalue weighted by molar-refractivity contribution is 0.112. The zero-order chi connectivity index (χ0) is 8.81. The maximum absolute atomic E-state index is 5.48. The van der Waals surface area contributed by atoms with Crippen LogP contribution >= 0.6 is 0 Å². The first-order valence-corrected chi connectivity index (χ1v) is 4.87. The summed E-state index contributed by atoms with van der Waals surface area (Å²) < 4.78 is 5.39. The van der Waals surface area contributed by atoms with Crippen molar-refractivity contribution in [1.29, 1.82) is 0 Å². The molecule has 1 aliphatic rings. The molecule has 1 heterocycles. The number of likely N-dealkylation sites (tertiary alicyclic amines) is 1. The molecule has 3 heteroatoms. The van der Waals surface area contributed by atoms with E-state index in [4.69, 9.17) is 10.5 Å². The number of ether oxygens (including phenoxy) is 1. The Labute approximate surface area is 74.9 Å². The molecule has 0 aromatic rings. The van der Waals surface area contributed by atoms with Gasteiger partial charge in [0.15, 0.2) is 0 Å². The fourth-order valence-electron chi connectivity index (χ4n) is 1.72. The van der Waals surface area contributed by atoms with E-state index in [9.17, 15) is 0 Å². The van der Waals surface area contributed by atoms with Gasteiger partial charge < -0.3 is 15.4 Å². The van der Waals surface area contributed by atoms with Gasteiger partial charge in [-0.05, 0) is 25.8 Å². The Kier molecular flexibility index (Phi) is 4.58. The molecule has 1 aliphatic heterocycles. The highest BCUT2D eigenvalue weighted by molar-refractivity contribution is 4.75. The largest absolute Gasteiger partial charge is 0.381 e. The average Bonchev–Trinajstić information content (AvgIpc) is 2.50. The van der Waals surface area contributed by atoms with Crippen molar-refractivity contribution in [3.05, 3.63) is 0 Å². The Morgan fingerprint density at radius 2 is 2.42 bits per heavy atom. The molecular formula is C9H20N2O. The molecule has 1 saturated heterocycles. The fraction of sp³-hybridized carbons (Fsp3) is 1.00. The van der Waals surface area contributed by atoms with Crippen molar-refractivity contribution < 1.29 is 4.74 Å². The standard InChI is InChI=1S/C9H20N2O/c1-2-12-8-9-3-5-11(7-9)6-4-10/h9H,2-8,10H2,1H3/t9-/m0/s1. The third-order valence-corrected chi connectivity index (χ3v) is 2.37. The molecule has 0 amide bonds. The second-order valence-corrected chi connectivity index (χ2v) is 3.40. The van der Waals surface area contributed by atoms with Gasteiger partial charge in [-0.2, -0.15) is 0 Å². The van der Waals surface area contributed by atoms with E-state index in [-0.39, 0.29) is 0 Å². The Balaban J connectivity index is 2.08. The van der Waals surface area contributed by atoms with Crippen molar-refractivity contribution in [3.63, 3.8) is 0 Å². The van der Waals surface area contributed by atoms with Crippen LogP contribution in [0.5, 0.6) is 0 Å². The highest BCUT2D eigenvalue weighted by Gasteiger charge is 2.21. The van der Waals surface area contributed by atoms with Crippen LogP contribution in [0.2, 0.25) is 0 Å². The molecule has 0 aromatic carbocycles. The van der Waals surface area contributed by atoms with Crippen LogP contribution in [0.3, 0.4) is 0 Å². The monoisotopic (exact) mass is 172 g/mol. The SMILES string of the molecule is CCOC[C@H]1CCN(CCN)C1. The smallest absolute Gasteiger partial charge is 0.0506 e. The maximum atomic E-state index is 5.48. The summed E-state index contributed by atoms with van der Waals surface area (Å²) in [7, 11) is 0. The average molecular weight is 172 g/mol. The van der Waals surface area contributed by atoms with E-state index in [1.165, 1.54) is 19.5 Å². The van der Waals surface area contributed by atoms with Gasteiger partial charge in [0, 0.05) is 26.2 Å². The second-order valence-electron chi connectivity index (χ2n) is 3.40. The van der Waals surface area contributed by atoms with Gasteiger partial charge in [-0.1, -0.05) is 0 Å². The molecule has 2 N–H and O–H groups in total. The van der Waals surface area contributed by atoms with Gasteiger partial charge in [-0.3, -0.25) is 0 Å². The summed E-state index contributed by atoms with van der Waals surface area (Å²) in [5.41, 5.74) is 5.48. The summed E-state index contributed by atoms with van der Waals surface area (Å²) in [4.78, 5) is 2.42. The molecule has 0 saturated carbocycles. The molecule has 0 radical (unpaired) electrons. The van der Waals surface area contributed by atoms with E-state index in [2.05, 4.69) is 4.90 Å². The summed E-state index contributed by atoms with van der Waals surface area (Å²) in [6.07, 6.45) is 1.28. The molecular weight excluding hydrogens is 152 g/mol. The Morgan fingerprint density at radius 3 is 3.08 bits per heavy atom. The first-order valence-electron chi connectivity index (χ1n) is 4.87. The van der Waals surface area contributed by atoms with E-state index < -0.39 is 0 Å². The van der Waals surface area contributed by atoms with Gasteiger partial charge in [0.2, 0.25) is 0 Å². The molecule has 0 aromatic heterocycles. The lowest BCUT2D eigenvalue weighted by Gasteiger charge is -2.14. The minimum atomic E-state index is 0.747. The van der Waals surface area contributed by atoms with Crippen LogP contribution in [-0.4, -0.2) is 44.3 Å². The minimum absolute atomic E-state index is 0.747. The van der Waals surface area contributed by atoms with E-state index in [0.29, 0.717) is 0 Å². The predicted molar refractivity (Wildman–Crippen MR) is 50.1 cm³/mol. The summed E-state index contributed by atoms with van der Waals surface area (Å²) in [5.74, 6) is 0.747. The van der Waals surface area contributed by atoms with E-state index >= 15 is 0 Å². The van der Waals surface area contributed by atoms with Gasteiger partial charge in [0.25, 0.3) is 0 Å². The molecule has 0 aliphatic carbocycles. The van der Waals surface area contributed by atoms with Crippen LogP contribution in [0, 0.1) is 5.92 Å². The molecule has 0 spiro atoms. The van der Waals surface area contributed by atoms with E-state index in [0.717, 1.165) is 32.2 Å². The van der Waals surface area contributed by atoms with Gasteiger partial charge in [0.05, 0.1) is 6.61 Å².